The molecule has 0 spiro atoms. The smallest absolute Gasteiger partial charge is 0.139 e. The van der Waals surface area contributed by atoms with Crippen LogP contribution in [0.25, 0.3) is 0 Å². The average Bonchev–Trinajstić information content (AvgIpc) is 2.50. The van der Waals surface area contributed by atoms with Gasteiger partial charge in [0.15, 0.2) is 0 Å². The molecule has 1 atom stereocenters. The standard InChI is InChI=1S/C17H28N4/c1-4-12(3)11-21(5-2)17-14(16(18)19)10-13-8-6-7-9-15(13)20-17/h10,12H,4-9,11H2,1-3H3,(H3,18,19). The van der Waals surface area contributed by atoms with Gasteiger partial charge in [-0.15, -0.1) is 0 Å². The summed E-state index contributed by atoms with van der Waals surface area (Å²) in [5, 5.41) is 7.90. The topological polar surface area (TPSA) is 66.0 Å². The molecule has 0 saturated heterocycles. The summed E-state index contributed by atoms with van der Waals surface area (Å²) in [6, 6.07) is 2.11. The summed E-state index contributed by atoms with van der Waals surface area (Å²) in [6.45, 7) is 8.49. The van der Waals surface area contributed by atoms with Gasteiger partial charge in [0.25, 0.3) is 0 Å². The number of hydrogen-bond acceptors (Lipinski definition) is 3. The van der Waals surface area contributed by atoms with Crippen LogP contribution in [0.3, 0.4) is 0 Å². The first-order valence-electron chi connectivity index (χ1n) is 8.18. The van der Waals surface area contributed by atoms with Gasteiger partial charge in [-0.1, -0.05) is 20.3 Å². The van der Waals surface area contributed by atoms with E-state index in [9.17, 15) is 0 Å². The average molecular weight is 288 g/mol. The van der Waals surface area contributed by atoms with Gasteiger partial charge < -0.3 is 10.6 Å². The Labute approximate surface area is 128 Å². The SMILES string of the molecule is CCC(C)CN(CC)c1nc2c(cc1C(=N)N)CCCC2. The molecular weight excluding hydrogens is 260 g/mol. The van der Waals surface area contributed by atoms with E-state index in [-0.39, 0.29) is 5.84 Å². The summed E-state index contributed by atoms with van der Waals surface area (Å²) in [4.78, 5) is 7.18. The highest BCUT2D eigenvalue weighted by molar-refractivity contribution is 5.99. The lowest BCUT2D eigenvalue weighted by Gasteiger charge is -2.29. The molecule has 2 rings (SSSR count). The Balaban J connectivity index is 2.41. The molecule has 0 aromatic carbocycles. The van der Waals surface area contributed by atoms with E-state index in [1.165, 1.54) is 24.1 Å². The number of nitrogen functional groups attached to an aromatic ring is 1. The fourth-order valence-corrected chi connectivity index (χ4v) is 2.93. The van der Waals surface area contributed by atoms with Crippen LogP contribution in [0.4, 0.5) is 5.82 Å². The minimum absolute atomic E-state index is 0.133. The van der Waals surface area contributed by atoms with Crippen molar-refractivity contribution in [1.82, 2.24) is 4.98 Å². The quantitative estimate of drug-likeness (QED) is 0.624. The number of aryl methyl sites for hydroxylation is 2. The van der Waals surface area contributed by atoms with Crippen LogP contribution in [0.5, 0.6) is 0 Å². The van der Waals surface area contributed by atoms with Gasteiger partial charge in [0.1, 0.15) is 11.7 Å². The van der Waals surface area contributed by atoms with Gasteiger partial charge in [0, 0.05) is 18.8 Å². The molecule has 116 valence electrons. The summed E-state index contributed by atoms with van der Waals surface area (Å²) < 4.78 is 0. The van der Waals surface area contributed by atoms with E-state index < -0.39 is 0 Å². The van der Waals surface area contributed by atoms with Crippen LogP contribution >= 0.6 is 0 Å². The van der Waals surface area contributed by atoms with Crippen molar-refractivity contribution in [2.45, 2.75) is 52.9 Å². The van der Waals surface area contributed by atoms with E-state index in [1.54, 1.807) is 0 Å². The zero-order valence-electron chi connectivity index (χ0n) is 13.6. The molecule has 21 heavy (non-hydrogen) atoms. The van der Waals surface area contributed by atoms with Crippen LogP contribution in [-0.4, -0.2) is 23.9 Å². The molecule has 1 aromatic heterocycles. The maximum Gasteiger partial charge on any atom is 0.139 e. The lowest BCUT2D eigenvalue weighted by Crippen LogP contribution is -2.32. The molecule has 1 unspecified atom stereocenters. The largest absolute Gasteiger partial charge is 0.384 e. The number of aromatic nitrogens is 1. The summed E-state index contributed by atoms with van der Waals surface area (Å²) in [6.07, 6.45) is 5.71. The molecule has 0 saturated carbocycles. The first kappa shape index (κ1) is 15.8. The van der Waals surface area contributed by atoms with E-state index >= 15 is 0 Å². The second-order valence-electron chi connectivity index (χ2n) is 6.14. The number of nitrogens with one attached hydrogen (secondary N) is 1. The molecule has 1 aliphatic rings. The highest BCUT2D eigenvalue weighted by Crippen LogP contribution is 2.27. The van der Waals surface area contributed by atoms with Crippen molar-refractivity contribution in [2.24, 2.45) is 11.7 Å². The highest BCUT2D eigenvalue weighted by Gasteiger charge is 2.20. The Bertz CT molecular complexity index is 510. The molecule has 1 heterocycles. The lowest BCUT2D eigenvalue weighted by atomic mass is 9.94. The van der Waals surface area contributed by atoms with Gasteiger partial charge in [-0.05, 0) is 50.2 Å². The molecule has 0 amide bonds. The van der Waals surface area contributed by atoms with Crippen LogP contribution in [0, 0.1) is 11.3 Å². The summed E-state index contributed by atoms with van der Waals surface area (Å²) in [5.74, 6) is 1.65. The van der Waals surface area contributed by atoms with E-state index in [0.29, 0.717) is 5.92 Å². The summed E-state index contributed by atoms with van der Waals surface area (Å²) in [5.41, 5.74) is 9.13. The Hall–Kier alpha value is -1.58. The molecule has 3 N–H and O–H groups in total. The minimum Gasteiger partial charge on any atom is -0.384 e. The molecule has 0 aliphatic heterocycles. The molecule has 0 fully saturated rings. The van der Waals surface area contributed by atoms with Crippen LogP contribution in [-0.2, 0) is 12.8 Å². The van der Waals surface area contributed by atoms with Crippen molar-refractivity contribution < 1.29 is 0 Å². The molecule has 4 nitrogen and oxygen atoms in total. The molecule has 1 aromatic rings. The number of amidine groups is 1. The predicted octanol–water partition coefficient (Wildman–Crippen LogP) is 3.12. The number of nitrogens with two attached hydrogens (primary N) is 1. The van der Waals surface area contributed by atoms with Crippen molar-refractivity contribution in [3.8, 4) is 0 Å². The zero-order valence-corrected chi connectivity index (χ0v) is 13.6. The number of anilines is 1. The van der Waals surface area contributed by atoms with Gasteiger partial charge >= 0.3 is 0 Å². The third-order valence-electron chi connectivity index (χ3n) is 4.48. The normalized spacial score (nSPS) is 15.4. The fourth-order valence-electron chi connectivity index (χ4n) is 2.93. The maximum atomic E-state index is 7.90. The molecule has 0 bridgehead atoms. The van der Waals surface area contributed by atoms with Gasteiger partial charge in [-0.3, -0.25) is 5.41 Å². The van der Waals surface area contributed by atoms with Crippen LogP contribution < -0.4 is 10.6 Å². The number of rotatable bonds is 6. The molecule has 1 aliphatic carbocycles. The second kappa shape index (κ2) is 6.92. The monoisotopic (exact) mass is 288 g/mol. The third-order valence-corrected chi connectivity index (χ3v) is 4.48. The molecular formula is C17H28N4. The number of hydrogen-bond donors (Lipinski definition) is 2. The van der Waals surface area contributed by atoms with E-state index in [4.69, 9.17) is 16.1 Å². The summed E-state index contributed by atoms with van der Waals surface area (Å²) in [7, 11) is 0. The zero-order chi connectivity index (χ0) is 15.4. The Kier molecular flexibility index (Phi) is 5.21. The van der Waals surface area contributed by atoms with Crippen molar-refractivity contribution >= 4 is 11.7 Å². The van der Waals surface area contributed by atoms with Gasteiger partial charge in [0.05, 0.1) is 5.56 Å². The number of fused-ring (bicyclic) bond motifs is 1. The minimum atomic E-state index is 0.133. The van der Waals surface area contributed by atoms with Gasteiger partial charge in [-0.25, -0.2) is 4.98 Å². The van der Waals surface area contributed by atoms with Crippen LogP contribution in [0.2, 0.25) is 0 Å². The number of pyridine rings is 1. The van der Waals surface area contributed by atoms with Crippen LogP contribution in [0.1, 0.15) is 56.9 Å². The van der Waals surface area contributed by atoms with Crippen LogP contribution in [0.15, 0.2) is 6.07 Å². The number of nitrogens with zero attached hydrogens (tertiary/aromatic N) is 2. The van der Waals surface area contributed by atoms with Crippen molar-refractivity contribution in [3.05, 3.63) is 22.9 Å². The van der Waals surface area contributed by atoms with Crippen molar-refractivity contribution in [3.63, 3.8) is 0 Å². The first-order valence-corrected chi connectivity index (χ1v) is 8.18. The fraction of sp³-hybridized carbons (Fsp3) is 0.647. The highest BCUT2D eigenvalue weighted by atomic mass is 15.2. The second-order valence-corrected chi connectivity index (χ2v) is 6.14. The Morgan fingerprint density at radius 3 is 2.71 bits per heavy atom. The predicted molar refractivity (Wildman–Crippen MR) is 89.2 cm³/mol. The van der Waals surface area contributed by atoms with E-state index in [1.807, 2.05) is 0 Å². The Morgan fingerprint density at radius 2 is 2.10 bits per heavy atom. The first-order chi connectivity index (χ1) is 10.1. The maximum absolute atomic E-state index is 7.90. The van der Waals surface area contributed by atoms with Crippen molar-refractivity contribution in [1.29, 1.82) is 5.41 Å². The summed E-state index contributed by atoms with van der Waals surface area (Å²) >= 11 is 0. The van der Waals surface area contributed by atoms with Crippen molar-refractivity contribution in [2.75, 3.05) is 18.0 Å². The van der Waals surface area contributed by atoms with E-state index in [2.05, 4.69) is 31.7 Å². The van der Waals surface area contributed by atoms with Gasteiger partial charge in [-0.2, -0.15) is 0 Å². The van der Waals surface area contributed by atoms with E-state index in [0.717, 1.165) is 43.7 Å². The lowest BCUT2D eigenvalue weighted by molar-refractivity contribution is 0.544. The molecule has 4 heteroatoms. The molecule has 0 radical (unpaired) electrons. The third kappa shape index (κ3) is 3.55. The van der Waals surface area contributed by atoms with Gasteiger partial charge in [0.2, 0.25) is 0 Å². The Morgan fingerprint density at radius 1 is 1.38 bits per heavy atom.